The normalized spacial score (nSPS) is 11.7. The van der Waals surface area contributed by atoms with Gasteiger partial charge < -0.3 is 15.8 Å². The highest BCUT2D eigenvalue weighted by molar-refractivity contribution is 5.86. The summed E-state index contributed by atoms with van der Waals surface area (Å²) in [6.07, 6.45) is 0.915. The molecule has 0 saturated carbocycles. The second kappa shape index (κ2) is 9.41. The van der Waals surface area contributed by atoms with Crippen molar-refractivity contribution < 1.29 is 9.53 Å². The number of carbonyl (C=O) groups is 1. The van der Waals surface area contributed by atoms with E-state index in [-0.39, 0.29) is 24.4 Å². The van der Waals surface area contributed by atoms with E-state index in [9.17, 15) is 4.79 Å². The molecule has 0 fully saturated rings. The minimum absolute atomic E-state index is 0. The molecule has 22 heavy (non-hydrogen) atoms. The van der Waals surface area contributed by atoms with Gasteiger partial charge in [-0.05, 0) is 22.8 Å². The van der Waals surface area contributed by atoms with Crippen molar-refractivity contribution in [2.75, 3.05) is 20.2 Å². The maximum atomic E-state index is 11.8. The molecule has 0 aliphatic rings. The lowest BCUT2D eigenvalue weighted by molar-refractivity contribution is -0.123. The van der Waals surface area contributed by atoms with Crippen molar-refractivity contribution in [2.24, 2.45) is 5.73 Å². The molecule has 4 nitrogen and oxygen atoms in total. The van der Waals surface area contributed by atoms with Crippen molar-refractivity contribution in [2.45, 2.75) is 18.9 Å². The van der Waals surface area contributed by atoms with Crippen molar-refractivity contribution in [1.29, 1.82) is 0 Å². The summed E-state index contributed by atoms with van der Waals surface area (Å²) in [5.74, 6) is -0.0208. The van der Waals surface area contributed by atoms with Crippen LogP contribution < -0.4 is 11.1 Å². The van der Waals surface area contributed by atoms with Crippen molar-refractivity contribution in [3.8, 4) is 0 Å². The molecule has 5 heteroatoms. The lowest BCUT2D eigenvalue weighted by Crippen LogP contribution is -2.33. The molecular weight excluding hydrogens is 300 g/mol. The molecule has 0 heterocycles. The summed E-state index contributed by atoms with van der Waals surface area (Å²) in [6.45, 7) is 0.973. The van der Waals surface area contributed by atoms with Crippen LogP contribution in [0, 0.1) is 0 Å². The maximum absolute atomic E-state index is 11.8. The summed E-state index contributed by atoms with van der Waals surface area (Å²) in [5.41, 5.74) is 6.75. The molecule has 0 bridgehead atoms. The third kappa shape index (κ3) is 4.98. The second-order valence-corrected chi connectivity index (χ2v) is 5.04. The molecule has 120 valence electrons. The summed E-state index contributed by atoms with van der Waals surface area (Å²) < 4.78 is 5.11. The number of hydrogen-bond acceptors (Lipinski definition) is 3. The molecule has 1 amide bonds. The summed E-state index contributed by atoms with van der Waals surface area (Å²) in [6, 6.07) is 14.5. The monoisotopic (exact) mass is 322 g/mol. The highest BCUT2D eigenvalue weighted by Crippen LogP contribution is 2.18. The third-order valence-corrected chi connectivity index (χ3v) is 3.61. The first-order valence-electron chi connectivity index (χ1n) is 7.20. The number of nitrogens with one attached hydrogen (secondary N) is 1. The number of hydrogen-bond donors (Lipinski definition) is 2. The van der Waals surface area contributed by atoms with Crippen molar-refractivity contribution >= 4 is 29.1 Å². The molecule has 0 aliphatic heterocycles. The standard InChI is InChI=1S/C17H22N2O2.ClH/c1-21-15(12-18)11-17(20)19-10-9-14-7-4-6-13-5-2-3-8-16(13)14;/h2-8,15H,9-12,18H2,1H3,(H,19,20);1H. The van der Waals surface area contributed by atoms with E-state index in [4.69, 9.17) is 10.5 Å². The van der Waals surface area contributed by atoms with E-state index in [1.165, 1.54) is 16.3 Å². The van der Waals surface area contributed by atoms with Crippen LogP contribution in [0.2, 0.25) is 0 Å². The molecule has 0 saturated heterocycles. The molecule has 0 aliphatic carbocycles. The van der Waals surface area contributed by atoms with E-state index in [0.717, 1.165) is 6.42 Å². The number of rotatable bonds is 7. The van der Waals surface area contributed by atoms with E-state index in [2.05, 4.69) is 35.6 Å². The van der Waals surface area contributed by atoms with Crippen molar-refractivity contribution in [3.05, 3.63) is 48.0 Å². The quantitative estimate of drug-likeness (QED) is 0.822. The molecule has 2 aromatic rings. The Morgan fingerprint density at radius 1 is 1.23 bits per heavy atom. The van der Waals surface area contributed by atoms with Gasteiger partial charge in [-0.25, -0.2) is 0 Å². The summed E-state index contributed by atoms with van der Waals surface area (Å²) in [4.78, 5) is 11.8. The van der Waals surface area contributed by atoms with Crippen LogP contribution in [0.4, 0.5) is 0 Å². The number of nitrogens with two attached hydrogens (primary N) is 1. The number of amides is 1. The minimum Gasteiger partial charge on any atom is -0.380 e. The molecule has 2 aromatic carbocycles. The predicted octanol–water partition coefficient (Wildman–Crippen LogP) is 2.28. The first kappa shape index (κ1) is 18.4. The van der Waals surface area contributed by atoms with E-state index in [1.54, 1.807) is 7.11 Å². The average molecular weight is 323 g/mol. The zero-order chi connectivity index (χ0) is 15.1. The van der Waals surface area contributed by atoms with Gasteiger partial charge in [0.05, 0.1) is 12.5 Å². The fraction of sp³-hybridized carbons (Fsp3) is 0.353. The predicted molar refractivity (Wildman–Crippen MR) is 92.4 cm³/mol. The largest absolute Gasteiger partial charge is 0.380 e. The SMILES string of the molecule is COC(CN)CC(=O)NCCc1cccc2ccccc12.Cl. The molecule has 3 N–H and O–H groups in total. The Balaban J connectivity index is 0.00000242. The topological polar surface area (TPSA) is 64.3 Å². The molecule has 2 rings (SSSR count). The van der Waals surface area contributed by atoms with Crippen LogP contribution in [-0.2, 0) is 16.0 Å². The zero-order valence-corrected chi connectivity index (χ0v) is 13.6. The first-order valence-corrected chi connectivity index (χ1v) is 7.20. The van der Waals surface area contributed by atoms with E-state index in [0.29, 0.717) is 19.5 Å². The van der Waals surface area contributed by atoms with Crippen molar-refractivity contribution in [1.82, 2.24) is 5.32 Å². The average Bonchev–Trinajstić information content (AvgIpc) is 2.53. The molecule has 0 spiro atoms. The van der Waals surface area contributed by atoms with Crippen LogP contribution >= 0.6 is 12.4 Å². The molecule has 1 atom stereocenters. The van der Waals surface area contributed by atoms with Gasteiger partial charge in [0, 0.05) is 20.2 Å². The summed E-state index contributed by atoms with van der Waals surface area (Å²) in [7, 11) is 1.57. The molecule has 0 aromatic heterocycles. The number of carbonyl (C=O) groups excluding carboxylic acids is 1. The van der Waals surface area contributed by atoms with Crippen LogP contribution in [0.25, 0.3) is 10.8 Å². The first-order chi connectivity index (χ1) is 10.2. The van der Waals surface area contributed by atoms with E-state index < -0.39 is 0 Å². The van der Waals surface area contributed by atoms with Crippen LogP contribution in [0.15, 0.2) is 42.5 Å². The summed E-state index contributed by atoms with van der Waals surface area (Å²) >= 11 is 0. The highest BCUT2D eigenvalue weighted by Gasteiger charge is 2.10. The van der Waals surface area contributed by atoms with Gasteiger partial charge in [0.1, 0.15) is 0 Å². The third-order valence-electron chi connectivity index (χ3n) is 3.61. The number of fused-ring (bicyclic) bond motifs is 1. The van der Waals surface area contributed by atoms with Gasteiger partial charge in [-0.3, -0.25) is 4.79 Å². The zero-order valence-electron chi connectivity index (χ0n) is 12.7. The van der Waals surface area contributed by atoms with Crippen LogP contribution in [-0.4, -0.2) is 32.2 Å². The Labute approximate surface area is 137 Å². The van der Waals surface area contributed by atoms with Gasteiger partial charge >= 0.3 is 0 Å². The van der Waals surface area contributed by atoms with Crippen LogP contribution in [0.1, 0.15) is 12.0 Å². The number of halogens is 1. The Morgan fingerprint density at radius 3 is 2.68 bits per heavy atom. The van der Waals surface area contributed by atoms with Gasteiger partial charge in [0.25, 0.3) is 0 Å². The van der Waals surface area contributed by atoms with Gasteiger partial charge in [0.15, 0.2) is 0 Å². The van der Waals surface area contributed by atoms with Gasteiger partial charge in [-0.1, -0.05) is 42.5 Å². The molecular formula is C17H23ClN2O2. The van der Waals surface area contributed by atoms with E-state index in [1.807, 2.05) is 12.1 Å². The molecule has 0 radical (unpaired) electrons. The maximum Gasteiger partial charge on any atom is 0.222 e. The smallest absolute Gasteiger partial charge is 0.222 e. The Bertz CT molecular complexity index is 595. The highest BCUT2D eigenvalue weighted by atomic mass is 35.5. The molecule has 1 unspecified atom stereocenters. The second-order valence-electron chi connectivity index (χ2n) is 5.04. The van der Waals surface area contributed by atoms with Gasteiger partial charge in [-0.15, -0.1) is 12.4 Å². The van der Waals surface area contributed by atoms with Gasteiger partial charge in [-0.2, -0.15) is 0 Å². The van der Waals surface area contributed by atoms with E-state index >= 15 is 0 Å². The van der Waals surface area contributed by atoms with Crippen LogP contribution in [0.3, 0.4) is 0 Å². The summed E-state index contributed by atoms with van der Waals surface area (Å²) in [5, 5.41) is 5.39. The number of benzene rings is 2. The lowest BCUT2D eigenvalue weighted by atomic mass is 10.0. The fourth-order valence-corrected chi connectivity index (χ4v) is 2.39. The number of ether oxygens (including phenoxy) is 1. The Kier molecular flexibility index (Phi) is 7.88. The fourth-order valence-electron chi connectivity index (χ4n) is 2.39. The van der Waals surface area contributed by atoms with Crippen molar-refractivity contribution in [3.63, 3.8) is 0 Å². The Hall–Kier alpha value is -1.62. The minimum atomic E-state index is -0.206. The van der Waals surface area contributed by atoms with Gasteiger partial charge in [0.2, 0.25) is 5.91 Å². The number of methoxy groups -OCH3 is 1. The lowest BCUT2D eigenvalue weighted by Gasteiger charge is -2.13. The van der Waals surface area contributed by atoms with Crippen LogP contribution in [0.5, 0.6) is 0 Å². The Morgan fingerprint density at radius 2 is 1.95 bits per heavy atom.